The van der Waals surface area contributed by atoms with Gasteiger partial charge in [-0.2, -0.15) is 0 Å². The Morgan fingerprint density at radius 1 is 0.970 bits per heavy atom. The van der Waals surface area contributed by atoms with Crippen molar-refractivity contribution in [3.05, 3.63) is 83.4 Å². The summed E-state index contributed by atoms with van der Waals surface area (Å²) in [6, 6.07) is 20.2. The van der Waals surface area contributed by atoms with Crippen molar-refractivity contribution < 1.29 is 14.4 Å². The maximum atomic E-state index is 13.1. The molecule has 1 heterocycles. The average molecular weight is 463 g/mol. The molecule has 168 valence electrons. The van der Waals surface area contributed by atoms with Crippen molar-refractivity contribution >= 4 is 40.8 Å². The number of hydrogen-bond acceptors (Lipinski definition) is 3. The highest BCUT2D eigenvalue weighted by atomic mass is 35.5. The summed E-state index contributed by atoms with van der Waals surface area (Å²) >= 11 is 5.86. The molecule has 7 nitrogen and oxygen atoms in total. The summed E-state index contributed by atoms with van der Waals surface area (Å²) < 4.78 is 0. The summed E-state index contributed by atoms with van der Waals surface area (Å²) in [7, 11) is 0. The maximum Gasteiger partial charge on any atom is 0.319 e. The molecule has 3 aromatic rings. The highest BCUT2D eigenvalue weighted by molar-refractivity contribution is 6.30. The molecule has 4 N–H and O–H groups in total. The predicted octanol–water partition coefficient (Wildman–Crippen LogP) is 4.42. The first-order chi connectivity index (χ1) is 15.9. The fourth-order valence-corrected chi connectivity index (χ4v) is 4.02. The summed E-state index contributed by atoms with van der Waals surface area (Å²) in [5.41, 5.74) is 8.81. The van der Waals surface area contributed by atoms with Gasteiger partial charge in [0.15, 0.2) is 0 Å². The number of halogens is 1. The lowest BCUT2D eigenvalue weighted by molar-refractivity contribution is -0.121. The van der Waals surface area contributed by atoms with Crippen molar-refractivity contribution in [3.8, 4) is 11.1 Å². The number of nitrogens with zero attached hydrogens (tertiary/aromatic N) is 1. The van der Waals surface area contributed by atoms with E-state index >= 15 is 0 Å². The molecular weight excluding hydrogens is 440 g/mol. The first kappa shape index (κ1) is 22.4. The largest absolute Gasteiger partial charge is 0.366 e. The first-order valence-corrected chi connectivity index (χ1v) is 10.9. The second-order valence-electron chi connectivity index (χ2n) is 7.75. The number of primary amides is 1. The van der Waals surface area contributed by atoms with Crippen molar-refractivity contribution in [2.75, 3.05) is 16.8 Å². The van der Waals surface area contributed by atoms with Crippen LogP contribution in [0.1, 0.15) is 23.2 Å². The minimum atomic E-state index is -0.624. The minimum Gasteiger partial charge on any atom is -0.366 e. The summed E-state index contributed by atoms with van der Waals surface area (Å²) in [6.07, 6.45) is 1.32. The van der Waals surface area contributed by atoms with Crippen molar-refractivity contribution in [2.24, 2.45) is 5.73 Å². The molecule has 0 aromatic heterocycles. The average Bonchev–Trinajstić information content (AvgIpc) is 2.82. The second-order valence-corrected chi connectivity index (χ2v) is 8.18. The molecule has 0 bridgehead atoms. The number of benzene rings is 3. The quantitative estimate of drug-likeness (QED) is 0.522. The fourth-order valence-electron chi connectivity index (χ4n) is 3.89. The number of rotatable bonds is 5. The molecule has 1 atom stereocenters. The molecule has 4 rings (SSSR count). The summed E-state index contributed by atoms with van der Waals surface area (Å²) in [4.78, 5) is 38.8. The molecule has 33 heavy (non-hydrogen) atoms. The maximum absolute atomic E-state index is 13.1. The first-order valence-electron chi connectivity index (χ1n) is 10.6. The highest BCUT2D eigenvalue weighted by Gasteiger charge is 2.30. The number of carbonyl (C=O) groups excluding carboxylic acids is 3. The number of amides is 4. The van der Waals surface area contributed by atoms with Crippen LogP contribution in [-0.4, -0.2) is 30.4 Å². The molecule has 1 aliphatic heterocycles. The number of hydrogen-bond donors (Lipinski definition) is 3. The lowest BCUT2D eigenvalue weighted by Crippen LogP contribution is -2.53. The van der Waals surface area contributed by atoms with Crippen LogP contribution in [-0.2, 0) is 4.79 Å². The van der Waals surface area contributed by atoms with Gasteiger partial charge in [0.05, 0.1) is 0 Å². The highest BCUT2D eigenvalue weighted by Crippen LogP contribution is 2.28. The Labute approximate surface area is 196 Å². The second kappa shape index (κ2) is 9.75. The topological polar surface area (TPSA) is 105 Å². The SMILES string of the molecule is NC(=O)c1ccccc1-c1ccc(N2CCCC(NC(=O)Nc3ccc(Cl)cc3)C2=O)cc1. The molecule has 0 spiro atoms. The van der Waals surface area contributed by atoms with Gasteiger partial charge in [0.1, 0.15) is 6.04 Å². The van der Waals surface area contributed by atoms with E-state index in [9.17, 15) is 14.4 Å². The van der Waals surface area contributed by atoms with E-state index in [2.05, 4.69) is 10.6 Å². The lowest BCUT2D eigenvalue weighted by Gasteiger charge is -2.32. The van der Waals surface area contributed by atoms with Gasteiger partial charge in [-0.1, -0.05) is 41.9 Å². The molecular formula is C25H23ClN4O3. The van der Waals surface area contributed by atoms with Gasteiger partial charge in [-0.3, -0.25) is 9.59 Å². The molecule has 1 saturated heterocycles. The van der Waals surface area contributed by atoms with Crippen LogP contribution in [0.3, 0.4) is 0 Å². The molecule has 0 aliphatic carbocycles. The lowest BCUT2D eigenvalue weighted by atomic mass is 9.98. The zero-order valence-electron chi connectivity index (χ0n) is 17.8. The predicted molar refractivity (Wildman–Crippen MR) is 129 cm³/mol. The molecule has 0 saturated carbocycles. The Kier molecular flexibility index (Phi) is 6.60. The van der Waals surface area contributed by atoms with Crippen LogP contribution in [0.25, 0.3) is 11.1 Å². The van der Waals surface area contributed by atoms with Crippen molar-refractivity contribution in [1.29, 1.82) is 0 Å². The van der Waals surface area contributed by atoms with E-state index in [-0.39, 0.29) is 5.91 Å². The van der Waals surface area contributed by atoms with Crippen LogP contribution in [0.2, 0.25) is 5.02 Å². The Bertz CT molecular complexity index is 1180. The van der Waals surface area contributed by atoms with E-state index in [1.807, 2.05) is 36.4 Å². The van der Waals surface area contributed by atoms with Crippen molar-refractivity contribution in [3.63, 3.8) is 0 Å². The van der Waals surface area contributed by atoms with Crippen LogP contribution < -0.4 is 21.3 Å². The van der Waals surface area contributed by atoms with E-state index in [1.165, 1.54) is 0 Å². The van der Waals surface area contributed by atoms with E-state index < -0.39 is 18.0 Å². The number of anilines is 2. The summed E-state index contributed by atoms with van der Waals surface area (Å²) in [5.74, 6) is -0.663. The van der Waals surface area contributed by atoms with E-state index in [0.29, 0.717) is 29.2 Å². The number of nitrogens with two attached hydrogens (primary N) is 1. The summed E-state index contributed by atoms with van der Waals surface area (Å²) in [5, 5.41) is 6.05. The molecule has 1 unspecified atom stereocenters. The van der Waals surface area contributed by atoms with E-state index in [1.54, 1.807) is 41.3 Å². The molecule has 0 radical (unpaired) electrons. The van der Waals surface area contributed by atoms with Gasteiger partial charge < -0.3 is 21.3 Å². The van der Waals surface area contributed by atoms with Crippen LogP contribution in [0, 0.1) is 0 Å². The third-order valence-electron chi connectivity index (χ3n) is 5.53. The zero-order valence-corrected chi connectivity index (χ0v) is 18.5. The number of urea groups is 1. The van der Waals surface area contributed by atoms with E-state index in [0.717, 1.165) is 23.2 Å². The molecule has 3 aromatic carbocycles. The standard InChI is InChI=1S/C25H23ClN4O3/c26-17-9-11-18(12-10-17)28-25(33)29-22-6-3-15-30(24(22)32)19-13-7-16(8-14-19)20-4-1-2-5-21(20)23(27)31/h1-2,4-5,7-14,22H,3,6,15H2,(H2,27,31)(H2,28,29,33). The van der Waals surface area contributed by atoms with Gasteiger partial charge >= 0.3 is 6.03 Å². The van der Waals surface area contributed by atoms with Gasteiger partial charge in [0, 0.05) is 28.5 Å². The summed E-state index contributed by atoms with van der Waals surface area (Å²) in [6.45, 7) is 0.563. The monoisotopic (exact) mass is 462 g/mol. The number of carbonyl (C=O) groups is 3. The third kappa shape index (κ3) is 5.15. The third-order valence-corrected chi connectivity index (χ3v) is 5.78. The van der Waals surface area contributed by atoms with Gasteiger partial charge in [-0.05, 0) is 66.4 Å². The molecule has 1 aliphatic rings. The fraction of sp³-hybridized carbons (Fsp3) is 0.160. The minimum absolute atomic E-state index is 0.169. The van der Waals surface area contributed by atoms with Crippen LogP contribution in [0.4, 0.5) is 16.2 Å². The normalized spacial score (nSPS) is 15.7. The molecule has 8 heteroatoms. The zero-order chi connectivity index (χ0) is 23.4. The molecule has 1 fully saturated rings. The van der Waals surface area contributed by atoms with Crippen molar-refractivity contribution in [2.45, 2.75) is 18.9 Å². The van der Waals surface area contributed by atoms with Crippen LogP contribution in [0.15, 0.2) is 72.8 Å². The Hall–Kier alpha value is -3.84. The number of piperidine rings is 1. The Morgan fingerprint density at radius 3 is 2.36 bits per heavy atom. The van der Waals surface area contributed by atoms with Crippen LogP contribution >= 0.6 is 11.6 Å². The van der Waals surface area contributed by atoms with Crippen molar-refractivity contribution in [1.82, 2.24) is 5.32 Å². The van der Waals surface area contributed by atoms with Gasteiger partial charge in [0.2, 0.25) is 11.8 Å². The Morgan fingerprint density at radius 2 is 1.67 bits per heavy atom. The van der Waals surface area contributed by atoms with Crippen LogP contribution in [0.5, 0.6) is 0 Å². The molecule has 4 amide bonds. The van der Waals surface area contributed by atoms with Gasteiger partial charge in [-0.15, -0.1) is 0 Å². The smallest absolute Gasteiger partial charge is 0.319 e. The van der Waals surface area contributed by atoms with E-state index in [4.69, 9.17) is 17.3 Å². The van der Waals surface area contributed by atoms with Gasteiger partial charge in [-0.25, -0.2) is 4.79 Å². The Balaban J connectivity index is 1.45. The number of nitrogens with one attached hydrogen (secondary N) is 2. The van der Waals surface area contributed by atoms with Gasteiger partial charge in [0.25, 0.3) is 0 Å².